The lowest BCUT2D eigenvalue weighted by Crippen LogP contribution is -2.53. The van der Waals surface area contributed by atoms with Crippen molar-refractivity contribution in [1.29, 1.82) is 0 Å². The Kier molecular flexibility index (Phi) is 7.12. The summed E-state index contributed by atoms with van der Waals surface area (Å²) in [4.78, 5) is 12.0. The maximum Gasteiger partial charge on any atom is 0.306 e. The predicted octanol–water partition coefficient (Wildman–Crippen LogP) is 2.68. The van der Waals surface area contributed by atoms with Gasteiger partial charge in [-0.1, -0.05) is 79.0 Å². The van der Waals surface area contributed by atoms with Crippen LogP contribution in [0.4, 0.5) is 0 Å². The smallest absolute Gasteiger partial charge is 0.289 e. The first-order valence-corrected chi connectivity index (χ1v) is 9.15. The zero-order valence-electron chi connectivity index (χ0n) is 12.4. The predicted molar refractivity (Wildman–Crippen MR) is 89.8 cm³/mol. The third-order valence-electron chi connectivity index (χ3n) is 3.10. The molecule has 10 heteroatoms. The number of hydrogen-bond acceptors (Lipinski definition) is 4. The number of rotatable bonds is 6. The largest absolute Gasteiger partial charge is 0.306 e. The Bertz CT molecular complexity index is 632. The normalized spacial score (nSPS) is 14.1. The number of halogens is 3. The summed E-state index contributed by atoms with van der Waals surface area (Å²) < 4.78 is 23.3. The van der Waals surface area contributed by atoms with Crippen molar-refractivity contribution in [3.8, 4) is 0 Å². The van der Waals surface area contributed by atoms with Crippen molar-refractivity contribution in [2.75, 3.05) is 0 Å². The summed E-state index contributed by atoms with van der Waals surface area (Å²) in [5.74, 6) is -1.39. The van der Waals surface area contributed by atoms with E-state index in [9.17, 15) is 13.2 Å². The van der Waals surface area contributed by atoms with E-state index in [1.807, 2.05) is 0 Å². The van der Waals surface area contributed by atoms with Crippen LogP contribution in [0.5, 0.6) is 0 Å². The molecule has 1 amide bonds. The van der Waals surface area contributed by atoms with Crippen LogP contribution >= 0.6 is 34.8 Å². The molecule has 0 aliphatic rings. The van der Waals surface area contributed by atoms with Crippen LogP contribution in [-0.4, -0.2) is 33.0 Å². The number of nitrogens with zero attached hydrogens (tertiary/aromatic N) is 1. The van der Waals surface area contributed by atoms with Gasteiger partial charge in [0.25, 0.3) is 15.9 Å². The lowest BCUT2D eigenvalue weighted by atomic mass is 10.0. The molecule has 1 rings (SSSR count). The molecule has 0 unspecified atom stereocenters. The first kappa shape index (κ1) is 20.5. The molecular formula is C13H17Cl3N2O4S. The Morgan fingerprint density at radius 1 is 1.26 bits per heavy atom. The van der Waals surface area contributed by atoms with Crippen LogP contribution in [0, 0.1) is 5.92 Å². The molecule has 0 spiro atoms. The average molecular weight is 404 g/mol. The maximum absolute atomic E-state index is 12.6. The highest BCUT2D eigenvalue weighted by Gasteiger charge is 2.48. The number of sulfonamides is 1. The SMILES string of the molecule is CC(C)[C@@H](C(=O)NO)N(Cc1ccccc1)S(=O)(=O)C(Cl)(Cl)Cl. The van der Waals surface area contributed by atoms with E-state index in [1.54, 1.807) is 44.2 Å². The number of hydrogen-bond donors (Lipinski definition) is 2. The minimum absolute atomic E-state index is 0.187. The van der Waals surface area contributed by atoms with E-state index in [4.69, 9.17) is 40.0 Å². The summed E-state index contributed by atoms with van der Waals surface area (Å²) in [6, 6.07) is 7.29. The van der Waals surface area contributed by atoms with Crippen molar-refractivity contribution in [3.63, 3.8) is 0 Å². The van der Waals surface area contributed by atoms with Gasteiger partial charge in [-0.2, -0.15) is 4.31 Å². The first-order chi connectivity index (χ1) is 10.5. The van der Waals surface area contributed by atoms with Crippen LogP contribution in [0.1, 0.15) is 19.4 Å². The molecule has 0 saturated heterocycles. The third-order valence-corrected chi connectivity index (χ3v) is 6.42. The van der Waals surface area contributed by atoms with Gasteiger partial charge in [-0.3, -0.25) is 10.0 Å². The molecule has 0 aliphatic carbocycles. The van der Waals surface area contributed by atoms with Crippen LogP contribution in [0.2, 0.25) is 0 Å². The van der Waals surface area contributed by atoms with Gasteiger partial charge in [0.15, 0.2) is 0 Å². The second-order valence-corrected chi connectivity index (χ2v) is 10.1. The molecule has 0 saturated carbocycles. The van der Waals surface area contributed by atoms with Crippen molar-refractivity contribution in [1.82, 2.24) is 9.79 Å². The average Bonchev–Trinajstić information content (AvgIpc) is 2.45. The van der Waals surface area contributed by atoms with Gasteiger partial charge in [-0.05, 0) is 11.5 Å². The summed E-state index contributed by atoms with van der Waals surface area (Å²) in [5.41, 5.74) is 2.06. The zero-order valence-corrected chi connectivity index (χ0v) is 15.5. The fraction of sp³-hybridized carbons (Fsp3) is 0.462. The summed E-state index contributed by atoms with van der Waals surface area (Å²) in [6.45, 7) is 3.05. The molecule has 0 bridgehead atoms. The Hall–Kier alpha value is -0.570. The Morgan fingerprint density at radius 3 is 2.17 bits per heavy atom. The van der Waals surface area contributed by atoms with Crippen molar-refractivity contribution >= 4 is 50.7 Å². The van der Waals surface area contributed by atoms with E-state index in [1.165, 1.54) is 5.48 Å². The topological polar surface area (TPSA) is 86.7 Å². The number of hydroxylamine groups is 1. The second kappa shape index (κ2) is 8.00. The number of amides is 1. The van der Waals surface area contributed by atoms with Crippen LogP contribution in [0.15, 0.2) is 30.3 Å². The number of benzene rings is 1. The van der Waals surface area contributed by atoms with Gasteiger partial charge in [0.2, 0.25) is 0 Å². The highest BCUT2D eigenvalue weighted by atomic mass is 35.6. The summed E-state index contributed by atoms with van der Waals surface area (Å²) in [5, 5.41) is 8.92. The summed E-state index contributed by atoms with van der Waals surface area (Å²) >= 11 is 16.8. The van der Waals surface area contributed by atoms with Gasteiger partial charge < -0.3 is 0 Å². The Labute approximate surface area is 150 Å². The van der Waals surface area contributed by atoms with Gasteiger partial charge >= 0.3 is 3.12 Å². The van der Waals surface area contributed by atoms with Crippen molar-refractivity contribution in [2.45, 2.75) is 29.6 Å². The van der Waals surface area contributed by atoms with Crippen LogP contribution < -0.4 is 5.48 Å². The number of alkyl halides is 3. The zero-order chi connectivity index (χ0) is 17.8. The van der Waals surface area contributed by atoms with E-state index in [-0.39, 0.29) is 6.54 Å². The molecule has 0 fully saturated rings. The van der Waals surface area contributed by atoms with E-state index in [2.05, 4.69) is 0 Å². The van der Waals surface area contributed by atoms with Crippen LogP contribution in [-0.2, 0) is 21.4 Å². The van der Waals surface area contributed by atoms with Gasteiger partial charge in [0.1, 0.15) is 6.04 Å². The maximum atomic E-state index is 12.6. The molecule has 1 aromatic carbocycles. The van der Waals surface area contributed by atoms with E-state index >= 15 is 0 Å². The molecule has 0 aromatic heterocycles. The fourth-order valence-electron chi connectivity index (χ4n) is 2.06. The molecule has 1 aromatic rings. The van der Waals surface area contributed by atoms with Crippen molar-refractivity contribution < 1.29 is 18.4 Å². The monoisotopic (exact) mass is 402 g/mol. The Balaban J connectivity index is 3.39. The lowest BCUT2D eigenvalue weighted by Gasteiger charge is -2.33. The van der Waals surface area contributed by atoms with Gasteiger partial charge in [0, 0.05) is 6.54 Å². The number of carbonyl (C=O) groups excluding carboxylic acids is 1. The first-order valence-electron chi connectivity index (χ1n) is 6.58. The lowest BCUT2D eigenvalue weighted by molar-refractivity contribution is -0.134. The highest BCUT2D eigenvalue weighted by molar-refractivity contribution is 7.95. The molecular weight excluding hydrogens is 387 g/mol. The molecule has 0 radical (unpaired) electrons. The van der Waals surface area contributed by atoms with Gasteiger partial charge in [-0.25, -0.2) is 13.9 Å². The van der Waals surface area contributed by atoms with Gasteiger partial charge in [0.05, 0.1) is 0 Å². The third kappa shape index (κ3) is 4.95. The highest BCUT2D eigenvalue weighted by Crippen LogP contribution is 2.37. The standard InChI is InChI=1S/C13H17Cl3N2O4S/c1-9(2)11(12(19)17-20)18(23(21,22)13(14,15)16)8-10-6-4-3-5-7-10/h3-7,9,11,20H,8H2,1-2H3,(H,17,19)/t11-/m0/s1. The van der Waals surface area contributed by atoms with Gasteiger partial charge in [-0.15, -0.1) is 0 Å². The van der Waals surface area contributed by atoms with Crippen LogP contribution in [0.3, 0.4) is 0 Å². The van der Waals surface area contributed by atoms with Crippen LogP contribution in [0.25, 0.3) is 0 Å². The molecule has 130 valence electrons. The molecule has 6 nitrogen and oxygen atoms in total. The minimum Gasteiger partial charge on any atom is -0.289 e. The molecule has 2 N–H and O–H groups in total. The van der Waals surface area contributed by atoms with E-state index in [0.29, 0.717) is 5.56 Å². The van der Waals surface area contributed by atoms with E-state index in [0.717, 1.165) is 4.31 Å². The number of nitrogens with one attached hydrogen (secondary N) is 1. The minimum atomic E-state index is -4.48. The quantitative estimate of drug-likeness (QED) is 0.434. The summed E-state index contributed by atoms with van der Waals surface area (Å²) in [6.07, 6.45) is 0. The Morgan fingerprint density at radius 2 is 1.78 bits per heavy atom. The molecule has 1 atom stereocenters. The molecule has 23 heavy (non-hydrogen) atoms. The second-order valence-electron chi connectivity index (χ2n) is 5.15. The van der Waals surface area contributed by atoms with Crippen molar-refractivity contribution in [3.05, 3.63) is 35.9 Å². The fourth-order valence-corrected chi connectivity index (χ4v) is 4.08. The summed E-state index contributed by atoms with van der Waals surface area (Å²) in [7, 11) is -4.48. The van der Waals surface area contributed by atoms with E-state index < -0.39 is 31.0 Å². The molecule has 0 heterocycles. The number of carbonyl (C=O) groups is 1. The van der Waals surface area contributed by atoms with Crippen molar-refractivity contribution in [2.24, 2.45) is 5.92 Å². The molecule has 0 aliphatic heterocycles.